The van der Waals surface area contributed by atoms with E-state index in [0.717, 1.165) is 24.2 Å². The second kappa shape index (κ2) is 7.88. The van der Waals surface area contributed by atoms with Gasteiger partial charge in [-0.05, 0) is 30.5 Å². The van der Waals surface area contributed by atoms with E-state index in [1.807, 2.05) is 24.3 Å². The number of hydrogen-bond donors (Lipinski definition) is 0. The van der Waals surface area contributed by atoms with Crippen LogP contribution in [-0.2, 0) is 6.42 Å². The molecule has 0 spiro atoms. The second-order valence-corrected chi connectivity index (χ2v) is 7.09. The van der Waals surface area contributed by atoms with Crippen LogP contribution in [0.1, 0.15) is 46.5 Å². The fourth-order valence-corrected chi connectivity index (χ4v) is 3.59. The predicted molar refractivity (Wildman–Crippen MR) is 101 cm³/mol. The Hall–Kier alpha value is -2.73. The molecule has 138 valence electrons. The average Bonchev–Trinajstić information content (AvgIpc) is 3.17. The van der Waals surface area contributed by atoms with Crippen LogP contribution >= 0.6 is 11.6 Å². The number of halogens is 1. The summed E-state index contributed by atoms with van der Waals surface area (Å²) in [6.07, 6.45) is 8.85. The first kappa shape index (κ1) is 17.7. The van der Waals surface area contributed by atoms with Crippen molar-refractivity contribution in [1.29, 1.82) is 0 Å². The lowest BCUT2D eigenvalue weighted by Crippen LogP contribution is -2.39. The largest absolute Gasteiger partial charge is 0.445 e. The van der Waals surface area contributed by atoms with Crippen molar-refractivity contribution < 1.29 is 9.21 Å². The number of carbonyl (C=O) groups is 1. The molecule has 3 aromatic rings. The third-order valence-corrected chi connectivity index (χ3v) is 4.91. The fourth-order valence-electron chi connectivity index (χ4n) is 3.38. The molecule has 4 rings (SSSR count). The average molecular weight is 383 g/mol. The van der Waals surface area contributed by atoms with Crippen LogP contribution in [0.4, 0.5) is 0 Å². The molecule has 1 amide bonds. The smallest absolute Gasteiger partial charge is 0.274 e. The molecule has 3 heterocycles. The summed E-state index contributed by atoms with van der Waals surface area (Å²) in [7, 11) is 0. The number of benzene rings is 1. The molecule has 1 aromatic carbocycles. The molecule has 6 nitrogen and oxygen atoms in total. The van der Waals surface area contributed by atoms with Gasteiger partial charge in [-0.3, -0.25) is 9.78 Å². The van der Waals surface area contributed by atoms with Crippen LogP contribution in [-0.4, -0.2) is 38.8 Å². The van der Waals surface area contributed by atoms with Gasteiger partial charge in [-0.2, -0.15) is 0 Å². The lowest BCUT2D eigenvalue weighted by Gasteiger charge is -2.30. The van der Waals surface area contributed by atoms with Crippen LogP contribution in [0.2, 0.25) is 5.02 Å². The number of nitrogens with zero attached hydrogens (tertiary/aromatic N) is 4. The fraction of sp³-hybridized carbons (Fsp3) is 0.300. The Morgan fingerprint density at radius 2 is 2.19 bits per heavy atom. The first-order valence-electron chi connectivity index (χ1n) is 8.93. The predicted octanol–water partition coefficient (Wildman–Crippen LogP) is 3.73. The Balaban J connectivity index is 1.44. The number of likely N-dealkylation sites (tertiary alicyclic amines) is 1. The molecule has 1 aliphatic rings. The third kappa shape index (κ3) is 4.17. The molecule has 1 aliphatic heterocycles. The molecule has 7 heteroatoms. The highest BCUT2D eigenvalue weighted by Crippen LogP contribution is 2.28. The molecule has 0 saturated carbocycles. The molecule has 0 bridgehead atoms. The normalized spacial score (nSPS) is 17.1. The van der Waals surface area contributed by atoms with Crippen molar-refractivity contribution >= 4 is 17.5 Å². The summed E-state index contributed by atoms with van der Waals surface area (Å²) in [5.41, 5.74) is 1.44. The van der Waals surface area contributed by atoms with Crippen molar-refractivity contribution in [3.8, 4) is 0 Å². The summed E-state index contributed by atoms with van der Waals surface area (Å²) in [6, 6.07) is 7.70. The number of amides is 1. The maximum Gasteiger partial charge on any atom is 0.274 e. The summed E-state index contributed by atoms with van der Waals surface area (Å²) >= 11 is 6.04. The van der Waals surface area contributed by atoms with Crippen molar-refractivity contribution in [3.05, 3.63) is 77.0 Å². The molecule has 1 fully saturated rings. The highest BCUT2D eigenvalue weighted by Gasteiger charge is 2.29. The van der Waals surface area contributed by atoms with Gasteiger partial charge in [0, 0.05) is 36.9 Å². The molecule has 0 radical (unpaired) electrons. The van der Waals surface area contributed by atoms with Crippen molar-refractivity contribution in [2.24, 2.45) is 0 Å². The summed E-state index contributed by atoms with van der Waals surface area (Å²) in [6.45, 7) is 1.29. The Bertz CT molecular complexity index is 928. The summed E-state index contributed by atoms with van der Waals surface area (Å²) in [4.78, 5) is 27.0. The van der Waals surface area contributed by atoms with Gasteiger partial charge in [0.15, 0.2) is 5.89 Å². The Kier molecular flexibility index (Phi) is 5.16. The van der Waals surface area contributed by atoms with Crippen molar-refractivity contribution in [3.63, 3.8) is 0 Å². The number of carbonyl (C=O) groups excluding carboxylic acids is 1. The van der Waals surface area contributed by atoms with Crippen molar-refractivity contribution in [2.45, 2.75) is 25.2 Å². The lowest BCUT2D eigenvalue weighted by atomic mass is 9.98. The van der Waals surface area contributed by atoms with Crippen molar-refractivity contribution in [1.82, 2.24) is 19.9 Å². The van der Waals surface area contributed by atoms with E-state index in [0.29, 0.717) is 36.1 Å². The quantitative estimate of drug-likeness (QED) is 0.687. The third-order valence-electron chi connectivity index (χ3n) is 4.68. The van der Waals surface area contributed by atoms with Gasteiger partial charge in [0.2, 0.25) is 0 Å². The number of piperidine rings is 1. The number of aromatic nitrogens is 3. The zero-order valence-electron chi connectivity index (χ0n) is 14.7. The number of hydrogen-bond acceptors (Lipinski definition) is 5. The van der Waals surface area contributed by atoms with Crippen LogP contribution in [0.3, 0.4) is 0 Å². The summed E-state index contributed by atoms with van der Waals surface area (Å²) < 4.78 is 5.98. The van der Waals surface area contributed by atoms with Crippen LogP contribution in [0.25, 0.3) is 0 Å². The first-order chi connectivity index (χ1) is 13.2. The van der Waals surface area contributed by atoms with Gasteiger partial charge < -0.3 is 9.32 Å². The van der Waals surface area contributed by atoms with E-state index < -0.39 is 0 Å². The molecule has 27 heavy (non-hydrogen) atoms. The molecular weight excluding hydrogens is 364 g/mol. The van der Waals surface area contributed by atoms with E-state index in [1.165, 1.54) is 12.4 Å². The monoisotopic (exact) mass is 382 g/mol. The van der Waals surface area contributed by atoms with E-state index in [4.69, 9.17) is 16.0 Å². The van der Waals surface area contributed by atoms with Crippen LogP contribution in [0, 0.1) is 0 Å². The summed E-state index contributed by atoms with van der Waals surface area (Å²) in [5.74, 6) is 1.47. The van der Waals surface area contributed by atoms with Gasteiger partial charge in [0.1, 0.15) is 11.5 Å². The molecule has 1 atom stereocenters. The topological polar surface area (TPSA) is 72.1 Å². The molecule has 1 saturated heterocycles. The molecule has 0 unspecified atom stereocenters. The van der Waals surface area contributed by atoms with E-state index in [-0.39, 0.29) is 11.8 Å². The molecule has 0 aliphatic carbocycles. The molecular formula is C20H19ClN4O2. The second-order valence-electron chi connectivity index (χ2n) is 6.65. The number of oxazole rings is 1. The Labute approximate surface area is 162 Å². The van der Waals surface area contributed by atoms with Crippen LogP contribution in [0.15, 0.2) is 53.5 Å². The van der Waals surface area contributed by atoms with E-state index >= 15 is 0 Å². The molecule has 0 N–H and O–H groups in total. The maximum atomic E-state index is 12.6. The van der Waals surface area contributed by atoms with Gasteiger partial charge in [0.25, 0.3) is 5.91 Å². The van der Waals surface area contributed by atoms with Gasteiger partial charge >= 0.3 is 0 Å². The lowest BCUT2D eigenvalue weighted by molar-refractivity contribution is 0.0691. The van der Waals surface area contributed by atoms with Crippen LogP contribution in [0.5, 0.6) is 0 Å². The minimum atomic E-state index is -0.0986. The minimum Gasteiger partial charge on any atom is -0.445 e. The minimum absolute atomic E-state index is 0.0903. The van der Waals surface area contributed by atoms with Crippen molar-refractivity contribution in [2.75, 3.05) is 13.1 Å². The van der Waals surface area contributed by atoms with E-state index in [1.54, 1.807) is 17.3 Å². The Morgan fingerprint density at radius 1 is 1.26 bits per heavy atom. The van der Waals surface area contributed by atoms with Gasteiger partial charge in [0.05, 0.1) is 18.3 Å². The zero-order chi connectivity index (χ0) is 18.6. The van der Waals surface area contributed by atoms with Gasteiger partial charge in [-0.1, -0.05) is 23.7 Å². The number of rotatable bonds is 4. The van der Waals surface area contributed by atoms with Gasteiger partial charge in [-0.25, -0.2) is 9.97 Å². The Morgan fingerprint density at radius 3 is 3.00 bits per heavy atom. The maximum absolute atomic E-state index is 12.6. The van der Waals surface area contributed by atoms with Crippen LogP contribution < -0.4 is 0 Å². The van der Waals surface area contributed by atoms with Gasteiger partial charge in [-0.15, -0.1) is 0 Å². The van der Waals surface area contributed by atoms with E-state index in [2.05, 4.69) is 15.0 Å². The van der Waals surface area contributed by atoms with E-state index in [9.17, 15) is 4.79 Å². The standard InChI is InChI=1S/C20H19ClN4O2/c21-16-5-1-3-14(9-16)10-17-11-24-19(27-17)15-4-2-8-25(13-15)20(26)18-12-22-6-7-23-18/h1,3,5-7,9,11-12,15H,2,4,8,10,13H2/t15-/m1/s1. The zero-order valence-corrected chi connectivity index (χ0v) is 15.5. The molecule has 2 aromatic heterocycles. The highest BCUT2D eigenvalue weighted by molar-refractivity contribution is 6.30. The first-order valence-corrected chi connectivity index (χ1v) is 9.31. The highest BCUT2D eigenvalue weighted by atomic mass is 35.5. The SMILES string of the molecule is O=C(c1cnccn1)N1CCC[C@@H](c2ncc(Cc3cccc(Cl)c3)o2)C1. The summed E-state index contributed by atoms with van der Waals surface area (Å²) in [5, 5.41) is 0.706.